The smallest absolute Gasteiger partial charge is 0.334 e. The molecule has 0 aliphatic heterocycles. The van der Waals surface area contributed by atoms with E-state index in [0.29, 0.717) is 5.75 Å². The van der Waals surface area contributed by atoms with Crippen molar-refractivity contribution in [3.63, 3.8) is 0 Å². The van der Waals surface area contributed by atoms with E-state index in [1.54, 1.807) is 26.0 Å². The fourth-order valence-corrected chi connectivity index (χ4v) is 3.57. The Hall–Kier alpha value is -0.0431. The van der Waals surface area contributed by atoms with Crippen molar-refractivity contribution in [3.8, 4) is 0 Å². The first-order valence-electron chi connectivity index (χ1n) is 4.94. The predicted octanol–water partition coefficient (Wildman–Crippen LogP) is 1.95. The molecule has 0 aromatic rings. The number of aliphatic carboxylic acids is 1. The van der Waals surface area contributed by atoms with Gasteiger partial charge in [-0.15, -0.1) is 0 Å². The minimum Gasteiger partial charge on any atom is -0.481 e. The van der Waals surface area contributed by atoms with Crippen LogP contribution in [0.5, 0.6) is 0 Å². The number of carboxylic acid groups (broad SMARTS) is 1. The van der Waals surface area contributed by atoms with Crippen molar-refractivity contribution >= 4 is 26.3 Å². The minimum atomic E-state index is -1.91. The highest BCUT2D eigenvalue weighted by Gasteiger charge is 2.27. The molecule has 0 atom stereocenters. The summed E-state index contributed by atoms with van der Waals surface area (Å²) in [5.41, 5.74) is 0. The fourth-order valence-electron chi connectivity index (χ4n) is 1.04. The second-order valence-electron chi connectivity index (χ2n) is 3.40. The van der Waals surface area contributed by atoms with Gasteiger partial charge < -0.3 is 14.0 Å². The average Bonchev–Trinajstić information content (AvgIpc) is 2.22. The summed E-state index contributed by atoms with van der Waals surface area (Å²) in [5, 5.41) is 8.43. The van der Waals surface area contributed by atoms with Crippen LogP contribution in [0.15, 0.2) is 0 Å². The maximum atomic E-state index is 10.2. The molecule has 0 radical (unpaired) electrons. The summed E-state index contributed by atoms with van der Waals surface area (Å²) < 4.78 is 10.7. The molecule has 0 amide bonds. The number of hydrogen-bond acceptors (Lipinski definition) is 4. The lowest BCUT2D eigenvalue weighted by Gasteiger charge is -2.22. The van der Waals surface area contributed by atoms with E-state index >= 15 is 0 Å². The van der Waals surface area contributed by atoms with E-state index in [-0.39, 0.29) is 6.42 Å². The van der Waals surface area contributed by atoms with Crippen LogP contribution < -0.4 is 0 Å². The maximum Gasteiger partial charge on any atom is 0.334 e. The Labute approximate surface area is 96.6 Å². The Kier molecular flexibility index (Phi) is 8.13. The van der Waals surface area contributed by atoms with Gasteiger partial charge in [-0.25, -0.2) is 0 Å². The van der Waals surface area contributed by atoms with Crippen molar-refractivity contribution in [1.29, 1.82) is 0 Å². The molecule has 0 saturated carbocycles. The quantitative estimate of drug-likeness (QED) is 0.502. The summed E-state index contributed by atoms with van der Waals surface area (Å²) in [4.78, 5) is 10.2. The van der Waals surface area contributed by atoms with Gasteiger partial charge in [0.2, 0.25) is 0 Å². The summed E-state index contributed by atoms with van der Waals surface area (Å²) in [5.74, 6) is 0.936. The molecule has 4 nitrogen and oxygen atoms in total. The van der Waals surface area contributed by atoms with E-state index in [9.17, 15) is 4.79 Å². The van der Waals surface area contributed by atoms with Crippen molar-refractivity contribution in [3.05, 3.63) is 0 Å². The van der Waals surface area contributed by atoms with Gasteiger partial charge in [0.25, 0.3) is 0 Å². The summed E-state index contributed by atoms with van der Waals surface area (Å²) in [7, 11) is 1.47. The lowest BCUT2D eigenvalue weighted by molar-refractivity contribution is -0.136. The molecule has 0 aliphatic carbocycles. The van der Waals surface area contributed by atoms with Gasteiger partial charge in [-0.1, -0.05) is 0 Å². The summed E-state index contributed by atoms with van der Waals surface area (Å²) >= 11 is 1.67. The first-order valence-corrected chi connectivity index (χ1v) is 8.62. The molecule has 15 heavy (non-hydrogen) atoms. The number of hydrogen-bond donors (Lipinski definition) is 1. The number of rotatable bonds is 9. The molecule has 0 aromatic heterocycles. The van der Waals surface area contributed by atoms with Gasteiger partial charge in [0.1, 0.15) is 0 Å². The number of carboxylic acids is 1. The van der Waals surface area contributed by atoms with Crippen LogP contribution >= 0.6 is 11.8 Å². The standard InChI is InChI=1S/C9H20O4SSi/c1-12-15(3,13-2)8-4-6-14-7-5-9(10)11/h4-8H2,1-3H3,(H,10,11). The van der Waals surface area contributed by atoms with Crippen LogP contribution in [0.4, 0.5) is 0 Å². The van der Waals surface area contributed by atoms with Crippen LogP contribution in [0.2, 0.25) is 12.6 Å². The van der Waals surface area contributed by atoms with Gasteiger partial charge >= 0.3 is 14.5 Å². The Morgan fingerprint density at radius 3 is 2.40 bits per heavy atom. The van der Waals surface area contributed by atoms with Crippen molar-refractivity contribution in [1.82, 2.24) is 0 Å². The lowest BCUT2D eigenvalue weighted by atomic mass is 10.5. The highest BCUT2D eigenvalue weighted by Crippen LogP contribution is 2.16. The average molecular weight is 252 g/mol. The van der Waals surface area contributed by atoms with Crippen LogP contribution in [0.1, 0.15) is 12.8 Å². The van der Waals surface area contributed by atoms with Gasteiger partial charge in [0, 0.05) is 20.0 Å². The molecule has 0 spiro atoms. The van der Waals surface area contributed by atoms with E-state index in [1.807, 2.05) is 6.55 Å². The first-order chi connectivity index (χ1) is 7.04. The van der Waals surface area contributed by atoms with Crippen LogP contribution in [0, 0.1) is 0 Å². The Bertz CT molecular complexity index is 185. The third kappa shape index (κ3) is 7.84. The number of thioether (sulfide) groups is 1. The van der Waals surface area contributed by atoms with Crippen LogP contribution in [0.3, 0.4) is 0 Å². The number of carbonyl (C=O) groups is 1. The molecule has 1 N–H and O–H groups in total. The molecule has 0 unspecified atom stereocenters. The van der Waals surface area contributed by atoms with Crippen LogP contribution in [0.25, 0.3) is 0 Å². The molecule has 0 rings (SSSR count). The van der Waals surface area contributed by atoms with Gasteiger partial charge in [0.15, 0.2) is 0 Å². The van der Waals surface area contributed by atoms with E-state index in [1.165, 1.54) is 0 Å². The zero-order valence-corrected chi connectivity index (χ0v) is 11.4. The highest BCUT2D eigenvalue weighted by atomic mass is 32.2. The molecule has 0 aromatic carbocycles. The predicted molar refractivity (Wildman–Crippen MR) is 64.6 cm³/mol. The maximum absolute atomic E-state index is 10.2. The molecule has 6 heteroatoms. The van der Waals surface area contributed by atoms with Crippen molar-refractivity contribution in [2.75, 3.05) is 25.7 Å². The van der Waals surface area contributed by atoms with E-state index < -0.39 is 14.5 Å². The molecule has 90 valence electrons. The van der Waals surface area contributed by atoms with E-state index in [2.05, 4.69) is 0 Å². The summed E-state index contributed by atoms with van der Waals surface area (Å²) in [6, 6.07) is 0.958. The van der Waals surface area contributed by atoms with Gasteiger partial charge in [0.05, 0.1) is 6.42 Å². The van der Waals surface area contributed by atoms with Gasteiger partial charge in [-0.05, 0) is 24.8 Å². The normalized spacial score (nSPS) is 11.7. The monoisotopic (exact) mass is 252 g/mol. The Morgan fingerprint density at radius 1 is 1.33 bits per heavy atom. The van der Waals surface area contributed by atoms with E-state index in [4.69, 9.17) is 14.0 Å². The molecule has 0 bridgehead atoms. The van der Waals surface area contributed by atoms with Crippen LogP contribution in [-0.2, 0) is 13.6 Å². The largest absolute Gasteiger partial charge is 0.481 e. The Balaban J connectivity index is 3.41. The first kappa shape index (κ1) is 15.0. The van der Waals surface area contributed by atoms with Crippen molar-refractivity contribution in [2.24, 2.45) is 0 Å². The SMILES string of the molecule is CO[Si](C)(CCCSCCC(=O)O)OC. The molecule has 0 heterocycles. The van der Waals surface area contributed by atoms with Gasteiger partial charge in [-0.3, -0.25) is 4.79 Å². The van der Waals surface area contributed by atoms with E-state index in [0.717, 1.165) is 18.2 Å². The zero-order valence-electron chi connectivity index (χ0n) is 9.62. The van der Waals surface area contributed by atoms with Gasteiger partial charge in [-0.2, -0.15) is 11.8 Å². The Morgan fingerprint density at radius 2 is 1.93 bits per heavy atom. The second kappa shape index (κ2) is 8.15. The third-order valence-corrected chi connectivity index (χ3v) is 6.30. The second-order valence-corrected chi connectivity index (χ2v) is 8.21. The molecule has 0 aliphatic rings. The molecular formula is C9H20O4SSi. The molecular weight excluding hydrogens is 232 g/mol. The third-order valence-electron chi connectivity index (χ3n) is 2.24. The van der Waals surface area contributed by atoms with Crippen molar-refractivity contribution < 1.29 is 18.8 Å². The zero-order chi connectivity index (χ0) is 11.7. The lowest BCUT2D eigenvalue weighted by Crippen LogP contribution is -2.35. The van der Waals surface area contributed by atoms with Crippen molar-refractivity contribution in [2.45, 2.75) is 25.4 Å². The fraction of sp³-hybridized carbons (Fsp3) is 0.889. The topological polar surface area (TPSA) is 55.8 Å². The molecule has 0 saturated heterocycles. The summed E-state index contributed by atoms with van der Waals surface area (Å²) in [6.45, 7) is 2.04. The molecule has 0 fully saturated rings. The minimum absolute atomic E-state index is 0.244. The highest BCUT2D eigenvalue weighted by molar-refractivity contribution is 7.99. The van der Waals surface area contributed by atoms with Crippen LogP contribution in [-0.4, -0.2) is 45.4 Å². The summed E-state index contributed by atoms with van der Waals surface area (Å²) in [6.07, 6.45) is 1.27.